The Bertz CT molecular complexity index is 1380. The second-order valence-corrected chi connectivity index (χ2v) is 11.0. The molecule has 11 heteroatoms. The third-order valence-corrected chi connectivity index (χ3v) is 7.98. The highest BCUT2D eigenvalue weighted by Gasteiger charge is 2.26. The highest BCUT2D eigenvalue weighted by molar-refractivity contribution is 7.89. The highest BCUT2D eigenvalue weighted by atomic mass is 35.5. The molecule has 0 radical (unpaired) electrons. The van der Waals surface area contributed by atoms with Gasteiger partial charge in [-0.3, -0.25) is 9.69 Å². The molecule has 0 spiro atoms. The van der Waals surface area contributed by atoms with E-state index >= 15 is 0 Å². The topological polar surface area (TPSA) is 116 Å². The molecular weight excluding hydrogens is 499 g/mol. The minimum absolute atomic E-state index is 0.0102. The number of hydrogen-bond acceptors (Lipinski definition) is 6. The summed E-state index contributed by atoms with van der Waals surface area (Å²) in [7, 11) is -3.80. The van der Waals surface area contributed by atoms with Crippen LogP contribution in [0.3, 0.4) is 0 Å². The molecule has 1 aliphatic heterocycles. The van der Waals surface area contributed by atoms with Crippen LogP contribution in [0, 0.1) is 17.1 Å². The van der Waals surface area contributed by atoms with Crippen LogP contribution < -0.4 is 10.5 Å². The van der Waals surface area contributed by atoms with E-state index < -0.39 is 10.0 Å². The molecule has 2 heterocycles. The number of hydrogen-bond donors (Lipinski definition) is 2. The first-order chi connectivity index (χ1) is 16.2. The number of primary sulfonamides is 1. The Morgan fingerprint density at radius 2 is 2.00 bits per heavy atom. The van der Waals surface area contributed by atoms with Crippen molar-refractivity contribution < 1.29 is 17.6 Å². The molecule has 0 atom stereocenters. The number of amides is 1. The van der Waals surface area contributed by atoms with Crippen LogP contribution in [0.25, 0.3) is 0 Å². The normalized spacial score (nSPS) is 13.8. The van der Waals surface area contributed by atoms with Gasteiger partial charge < -0.3 is 5.32 Å². The van der Waals surface area contributed by atoms with Crippen molar-refractivity contribution in [2.75, 3.05) is 11.9 Å². The summed E-state index contributed by atoms with van der Waals surface area (Å²) in [5, 5.41) is 18.5. The number of nitriles is 1. The molecule has 2 aromatic carbocycles. The van der Waals surface area contributed by atoms with E-state index in [2.05, 4.69) is 16.3 Å². The lowest BCUT2D eigenvalue weighted by molar-refractivity contribution is -0.115. The summed E-state index contributed by atoms with van der Waals surface area (Å²) in [4.78, 5) is 15.6. The standard InChI is InChI=1S/C23H20ClFN4O3S2/c24-19-2-1-3-20(25)18(19)12-29-9-8-16-17(11-26)23(33-21(16)13-29)28-22(30)10-14-4-6-15(7-5-14)34(27,31)32/h1-7H,8-10,12-13H2,(H,28,30)(H2,27,31,32). The number of nitrogens with two attached hydrogens (primary N) is 1. The van der Waals surface area contributed by atoms with Crippen molar-refractivity contribution in [3.8, 4) is 6.07 Å². The molecule has 0 unspecified atom stereocenters. The average Bonchev–Trinajstić information content (AvgIpc) is 3.12. The van der Waals surface area contributed by atoms with Gasteiger partial charge in [0.1, 0.15) is 16.9 Å². The monoisotopic (exact) mass is 518 g/mol. The van der Waals surface area contributed by atoms with E-state index in [4.69, 9.17) is 16.7 Å². The Morgan fingerprint density at radius 3 is 2.65 bits per heavy atom. The van der Waals surface area contributed by atoms with Gasteiger partial charge in [-0.15, -0.1) is 11.3 Å². The molecule has 7 nitrogen and oxygen atoms in total. The Hall–Kier alpha value is -2.81. The summed E-state index contributed by atoms with van der Waals surface area (Å²) >= 11 is 7.50. The highest BCUT2D eigenvalue weighted by Crippen LogP contribution is 2.37. The molecule has 3 aromatic rings. The van der Waals surface area contributed by atoms with Crippen LogP contribution in [0.1, 0.15) is 27.1 Å². The van der Waals surface area contributed by atoms with Gasteiger partial charge in [0.15, 0.2) is 0 Å². The Kier molecular flexibility index (Phi) is 7.02. The van der Waals surface area contributed by atoms with Crippen molar-refractivity contribution in [3.05, 3.63) is 80.4 Å². The van der Waals surface area contributed by atoms with E-state index in [1.165, 1.54) is 41.7 Å². The van der Waals surface area contributed by atoms with E-state index in [0.717, 1.165) is 10.4 Å². The van der Waals surface area contributed by atoms with Gasteiger partial charge in [0.2, 0.25) is 15.9 Å². The molecule has 0 saturated carbocycles. The maximum absolute atomic E-state index is 14.2. The summed E-state index contributed by atoms with van der Waals surface area (Å²) in [6, 6.07) is 12.5. The molecule has 176 valence electrons. The van der Waals surface area contributed by atoms with Crippen molar-refractivity contribution in [2.24, 2.45) is 5.14 Å². The molecule has 4 rings (SSSR count). The first-order valence-corrected chi connectivity index (χ1v) is 13.0. The molecule has 1 aromatic heterocycles. The number of nitrogens with zero attached hydrogens (tertiary/aromatic N) is 2. The van der Waals surface area contributed by atoms with Gasteiger partial charge in [-0.1, -0.05) is 29.8 Å². The zero-order valence-electron chi connectivity index (χ0n) is 17.8. The van der Waals surface area contributed by atoms with Crippen LogP contribution in [0.2, 0.25) is 5.02 Å². The van der Waals surface area contributed by atoms with Crippen molar-refractivity contribution in [3.63, 3.8) is 0 Å². The van der Waals surface area contributed by atoms with Crippen LogP contribution in [0.4, 0.5) is 9.39 Å². The maximum atomic E-state index is 14.2. The lowest BCUT2D eigenvalue weighted by Crippen LogP contribution is -2.29. The van der Waals surface area contributed by atoms with Gasteiger partial charge in [-0.25, -0.2) is 17.9 Å². The molecule has 0 bridgehead atoms. The van der Waals surface area contributed by atoms with Gasteiger partial charge in [0.05, 0.1) is 16.9 Å². The van der Waals surface area contributed by atoms with Gasteiger partial charge in [-0.2, -0.15) is 5.26 Å². The van der Waals surface area contributed by atoms with Crippen molar-refractivity contribution in [1.82, 2.24) is 4.90 Å². The molecule has 3 N–H and O–H groups in total. The van der Waals surface area contributed by atoms with E-state index in [0.29, 0.717) is 52.8 Å². The first-order valence-electron chi connectivity index (χ1n) is 10.3. The lowest BCUT2D eigenvalue weighted by atomic mass is 10.0. The van der Waals surface area contributed by atoms with Crippen LogP contribution in [-0.2, 0) is 40.7 Å². The van der Waals surface area contributed by atoms with Gasteiger partial charge in [0.25, 0.3) is 0 Å². The van der Waals surface area contributed by atoms with Crippen LogP contribution in [-0.4, -0.2) is 25.8 Å². The zero-order chi connectivity index (χ0) is 24.5. The van der Waals surface area contributed by atoms with Crippen LogP contribution >= 0.6 is 22.9 Å². The van der Waals surface area contributed by atoms with Gasteiger partial charge >= 0.3 is 0 Å². The minimum Gasteiger partial charge on any atom is -0.316 e. The second kappa shape index (κ2) is 9.82. The fraction of sp³-hybridized carbons (Fsp3) is 0.217. The summed E-state index contributed by atoms with van der Waals surface area (Å²) in [6.07, 6.45) is 0.613. The van der Waals surface area contributed by atoms with E-state index in [1.807, 2.05) is 0 Å². The number of thiophene rings is 1. The Morgan fingerprint density at radius 1 is 1.26 bits per heavy atom. The number of fused-ring (bicyclic) bond motifs is 1. The Balaban J connectivity index is 1.46. The maximum Gasteiger partial charge on any atom is 0.238 e. The number of carbonyl (C=O) groups excluding carboxylic acids is 1. The largest absolute Gasteiger partial charge is 0.316 e. The summed E-state index contributed by atoms with van der Waals surface area (Å²) in [5.74, 6) is -0.680. The van der Waals surface area contributed by atoms with E-state index in [-0.39, 0.29) is 23.0 Å². The fourth-order valence-corrected chi connectivity index (χ4v) is 5.85. The second-order valence-electron chi connectivity index (χ2n) is 7.89. The predicted molar refractivity (Wildman–Crippen MR) is 128 cm³/mol. The van der Waals surface area contributed by atoms with E-state index in [9.17, 15) is 22.9 Å². The van der Waals surface area contributed by atoms with Crippen molar-refractivity contribution in [1.29, 1.82) is 5.26 Å². The smallest absolute Gasteiger partial charge is 0.238 e. The molecule has 1 aliphatic rings. The quantitative estimate of drug-likeness (QED) is 0.515. The SMILES string of the molecule is N#Cc1c(NC(=O)Cc2ccc(S(N)(=O)=O)cc2)sc2c1CCN(Cc1c(F)cccc1Cl)C2. The lowest BCUT2D eigenvalue weighted by Gasteiger charge is -2.27. The third-order valence-electron chi connectivity index (χ3n) is 5.56. The average molecular weight is 519 g/mol. The molecule has 0 fully saturated rings. The van der Waals surface area contributed by atoms with Gasteiger partial charge in [0, 0.05) is 35.1 Å². The molecular formula is C23H20ClFN4O3S2. The number of rotatable bonds is 6. The summed E-state index contributed by atoms with van der Waals surface area (Å²) in [6.45, 7) is 1.50. The summed E-state index contributed by atoms with van der Waals surface area (Å²) in [5.41, 5.74) is 2.39. The fourth-order valence-electron chi connectivity index (χ4n) is 3.86. The predicted octanol–water partition coefficient (Wildman–Crippen LogP) is 3.80. The summed E-state index contributed by atoms with van der Waals surface area (Å²) < 4.78 is 36.9. The number of benzene rings is 2. The minimum atomic E-state index is -3.80. The van der Waals surface area contributed by atoms with Crippen LogP contribution in [0.15, 0.2) is 47.4 Å². The number of halogens is 2. The number of sulfonamides is 1. The zero-order valence-corrected chi connectivity index (χ0v) is 20.2. The Labute approximate surface area is 205 Å². The first kappa shape index (κ1) is 24.3. The van der Waals surface area contributed by atoms with Gasteiger partial charge in [-0.05, 0) is 41.8 Å². The van der Waals surface area contributed by atoms with Crippen LogP contribution in [0.5, 0.6) is 0 Å². The molecule has 0 aliphatic carbocycles. The van der Waals surface area contributed by atoms with Crippen molar-refractivity contribution in [2.45, 2.75) is 30.8 Å². The third kappa shape index (κ3) is 5.29. The number of anilines is 1. The van der Waals surface area contributed by atoms with E-state index in [1.54, 1.807) is 12.1 Å². The molecule has 1 amide bonds. The molecule has 0 saturated heterocycles. The number of nitrogens with one attached hydrogen (secondary N) is 1. The van der Waals surface area contributed by atoms with Crippen molar-refractivity contribution >= 4 is 43.9 Å². The number of carbonyl (C=O) groups is 1. The molecule has 34 heavy (non-hydrogen) atoms.